The van der Waals surface area contributed by atoms with Gasteiger partial charge in [0.1, 0.15) is 0 Å². The molecule has 1 amide bonds. The van der Waals surface area contributed by atoms with Crippen molar-refractivity contribution in [3.8, 4) is 0 Å². The molecule has 9 heteroatoms. The highest BCUT2D eigenvalue weighted by Gasteiger charge is 2.33. The van der Waals surface area contributed by atoms with Gasteiger partial charge in [-0.15, -0.1) is 5.10 Å². The summed E-state index contributed by atoms with van der Waals surface area (Å²) in [4.78, 5) is 12.0. The Morgan fingerprint density at radius 3 is 2.92 bits per heavy atom. The lowest BCUT2D eigenvalue weighted by molar-refractivity contribution is -0.119. The highest BCUT2D eigenvalue weighted by molar-refractivity contribution is 7.91. The maximum absolute atomic E-state index is 12.7. The average Bonchev–Trinajstić information content (AvgIpc) is 3.05. The third kappa shape index (κ3) is 3.40. The zero-order chi connectivity index (χ0) is 17.2. The summed E-state index contributed by atoms with van der Waals surface area (Å²) in [5.41, 5.74) is 1.60. The normalized spacial score (nSPS) is 17.4. The van der Waals surface area contributed by atoms with Crippen molar-refractivity contribution in [2.45, 2.75) is 38.8 Å². The van der Waals surface area contributed by atoms with Crippen molar-refractivity contribution in [1.82, 2.24) is 19.7 Å². The van der Waals surface area contributed by atoms with Crippen molar-refractivity contribution in [2.24, 2.45) is 0 Å². The topological polar surface area (TPSA) is 97.2 Å². The van der Waals surface area contributed by atoms with Crippen molar-refractivity contribution < 1.29 is 13.2 Å². The molecule has 0 radical (unpaired) electrons. The first-order valence-corrected chi connectivity index (χ1v) is 9.18. The molecule has 8 nitrogen and oxygen atoms in total. The lowest BCUT2D eigenvalue weighted by Crippen LogP contribution is -2.49. The van der Waals surface area contributed by atoms with Gasteiger partial charge in [-0.3, -0.25) is 13.8 Å². The molecule has 1 atom stereocenters. The van der Waals surface area contributed by atoms with Crippen molar-refractivity contribution in [1.29, 1.82) is 0 Å². The molecule has 1 aromatic heterocycles. The number of fused-ring (bicyclic) bond motifs is 1. The van der Waals surface area contributed by atoms with Crippen molar-refractivity contribution >= 4 is 21.8 Å². The minimum atomic E-state index is -3.95. The fourth-order valence-electron chi connectivity index (χ4n) is 2.83. The van der Waals surface area contributed by atoms with E-state index in [-0.39, 0.29) is 19.0 Å². The van der Waals surface area contributed by atoms with Crippen LogP contribution in [0.2, 0.25) is 0 Å². The fraction of sp³-hybridized carbons (Fsp3) is 0.400. The van der Waals surface area contributed by atoms with Gasteiger partial charge in [-0.2, -0.15) is 8.42 Å². The van der Waals surface area contributed by atoms with E-state index in [4.69, 9.17) is 0 Å². The number of amides is 1. The van der Waals surface area contributed by atoms with Crippen LogP contribution in [0.5, 0.6) is 0 Å². The van der Waals surface area contributed by atoms with E-state index >= 15 is 0 Å². The molecule has 3 rings (SSSR count). The highest BCUT2D eigenvalue weighted by atomic mass is 32.2. The molecule has 0 bridgehead atoms. The quantitative estimate of drug-likeness (QED) is 0.864. The molecule has 0 spiro atoms. The number of nitrogens with one attached hydrogen (secondary N) is 1. The Labute approximate surface area is 140 Å². The fourth-order valence-corrected chi connectivity index (χ4v) is 4.34. The van der Waals surface area contributed by atoms with Crippen molar-refractivity contribution in [3.05, 3.63) is 42.2 Å². The number of hydrogen-bond donors (Lipinski definition) is 1. The van der Waals surface area contributed by atoms with E-state index < -0.39 is 16.1 Å². The van der Waals surface area contributed by atoms with Crippen LogP contribution in [0.15, 0.2) is 36.7 Å². The second kappa shape index (κ2) is 6.60. The van der Waals surface area contributed by atoms with Gasteiger partial charge < -0.3 is 0 Å². The number of rotatable bonds is 5. The van der Waals surface area contributed by atoms with Crippen LogP contribution >= 0.6 is 0 Å². The molecule has 1 N–H and O–H groups in total. The Balaban J connectivity index is 1.74. The zero-order valence-corrected chi connectivity index (χ0v) is 14.1. The van der Waals surface area contributed by atoms with Crippen LogP contribution in [0.3, 0.4) is 0 Å². The predicted molar refractivity (Wildman–Crippen MR) is 88.4 cm³/mol. The zero-order valence-electron chi connectivity index (χ0n) is 13.3. The van der Waals surface area contributed by atoms with E-state index in [1.54, 1.807) is 18.3 Å². The number of aromatic nitrogens is 3. The van der Waals surface area contributed by atoms with Gasteiger partial charge in [-0.05, 0) is 31.4 Å². The van der Waals surface area contributed by atoms with E-state index in [1.165, 1.54) is 15.2 Å². The molecule has 0 saturated heterocycles. The van der Waals surface area contributed by atoms with E-state index in [2.05, 4.69) is 15.0 Å². The van der Waals surface area contributed by atoms with E-state index in [0.717, 1.165) is 12.0 Å². The predicted octanol–water partition coefficient (Wildman–Crippen LogP) is 0.870. The summed E-state index contributed by atoms with van der Waals surface area (Å²) >= 11 is 0. The van der Waals surface area contributed by atoms with Crippen LogP contribution in [-0.4, -0.2) is 35.4 Å². The molecule has 1 aliphatic heterocycles. The Bertz CT molecular complexity index is 819. The molecular formula is C15H19N5O3S. The molecule has 0 saturated carbocycles. The average molecular weight is 349 g/mol. The number of para-hydroxylation sites is 1. The van der Waals surface area contributed by atoms with E-state index in [0.29, 0.717) is 12.1 Å². The smallest absolute Gasteiger partial charge is 0.274 e. The lowest BCUT2D eigenvalue weighted by atomic mass is 9.99. The van der Waals surface area contributed by atoms with Gasteiger partial charge in [0.05, 0.1) is 18.4 Å². The number of hydrogen-bond acceptors (Lipinski definition) is 5. The monoisotopic (exact) mass is 349 g/mol. The molecule has 0 aliphatic carbocycles. The summed E-state index contributed by atoms with van der Waals surface area (Å²) in [6.45, 7) is 2.11. The van der Waals surface area contributed by atoms with Crippen LogP contribution in [0.4, 0.5) is 5.69 Å². The molecular weight excluding hydrogens is 330 g/mol. The lowest BCUT2D eigenvalue weighted by Gasteiger charge is -2.35. The maximum atomic E-state index is 12.7. The molecule has 2 aromatic rings. The summed E-state index contributed by atoms with van der Waals surface area (Å²) < 4.78 is 30.3. The van der Waals surface area contributed by atoms with Gasteiger partial charge in [-0.25, -0.2) is 4.72 Å². The van der Waals surface area contributed by atoms with Gasteiger partial charge in [0.25, 0.3) is 0 Å². The summed E-state index contributed by atoms with van der Waals surface area (Å²) in [6.07, 6.45) is 4.66. The summed E-state index contributed by atoms with van der Waals surface area (Å²) in [7, 11) is -3.95. The Kier molecular flexibility index (Phi) is 4.52. The minimum absolute atomic E-state index is 0.00641. The molecule has 128 valence electrons. The molecule has 1 unspecified atom stereocenters. The van der Waals surface area contributed by atoms with Crippen LogP contribution in [0.25, 0.3) is 0 Å². The first kappa shape index (κ1) is 16.4. The van der Waals surface area contributed by atoms with Crippen molar-refractivity contribution in [3.63, 3.8) is 0 Å². The third-order valence-electron chi connectivity index (χ3n) is 4.00. The molecule has 1 aromatic carbocycles. The first-order chi connectivity index (χ1) is 11.5. The molecule has 1 aliphatic rings. The van der Waals surface area contributed by atoms with Gasteiger partial charge in [0, 0.05) is 18.7 Å². The van der Waals surface area contributed by atoms with Crippen LogP contribution in [0, 0.1) is 0 Å². The number of nitrogens with zero attached hydrogens (tertiary/aromatic N) is 4. The van der Waals surface area contributed by atoms with Gasteiger partial charge >= 0.3 is 10.2 Å². The second-order valence-electron chi connectivity index (χ2n) is 5.76. The van der Waals surface area contributed by atoms with Gasteiger partial charge in [0.15, 0.2) is 0 Å². The maximum Gasteiger partial charge on any atom is 0.326 e. The standard InChI is InChI=1S/C15H19N5O3S/c1-12-6-7-13-4-2-3-5-14(13)20(12)24(22,23)17-15(21)8-10-19-11-9-16-18-19/h2-5,9,11-12H,6-8,10H2,1H3,(H,17,21). The SMILES string of the molecule is CC1CCc2ccccc2N1S(=O)(=O)NC(=O)CCn1ccnn1. The van der Waals surface area contributed by atoms with E-state index in [1.807, 2.05) is 19.1 Å². The largest absolute Gasteiger partial charge is 0.326 e. The van der Waals surface area contributed by atoms with Gasteiger partial charge in [-0.1, -0.05) is 23.4 Å². The van der Waals surface area contributed by atoms with Crippen LogP contribution in [0.1, 0.15) is 25.3 Å². The van der Waals surface area contributed by atoms with Crippen LogP contribution in [-0.2, 0) is 28.0 Å². The Hall–Kier alpha value is -2.42. The minimum Gasteiger partial charge on any atom is -0.274 e. The summed E-state index contributed by atoms with van der Waals surface area (Å²) in [5, 5.41) is 7.38. The van der Waals surface area contributed by atoms with E-state index in [9.17, 15) is 13.2 Å². The number of aryl methyl sites for hydroxylation is 2. The van der Waals surface area contributed by atoms with Gasteiger partial charge in [0.2, 0.25) is 5.91 Å². The molecule has 24 heavy (non-hydrogen) atoms. The first-order valence-electron chi connectivity index (χ1n) is 7.74. The Morgan fingerprint density at radius 1 is 1.38 bits per heavy atom. The summed E-state index contributed by atoms with van der Waals surface area (Å²) in [5.74, 6) is -0.569. The van der Waals surface area contributed by atoms with Crippen LogP contribution < -0.4 is 9.03 Å². The Morgan fingerprint density at radius 2 is 2.17 bits per heavy atom. The van der Waals surface area contributed by atoms with Crippen molar-refractivity contribution in [2.75, 3.05) is 4.31 Å². The highest BCUT2D eigenvalue weighted by Crippen LogP contribution is 2.32. The third-order valence-corrected chi connectivity index (χ3v) is 5.56. The number of carbonyl (C=O) groups excluding carboxylic acids is 1. The second-order valence-corrected chi connectivity index (χ2v) is 7.31. The molecule has 0 fully saturated rings. The number of carbonyl (C=O) groups is 1. The number of anilines is 1. The number of benzene rings is 1. The molecule has 2 heterocycles. The summed E-state index contributed by atoms with van der Waals surface area (Å²) in [6, 6.07) is 7.16.